The van der Waals surface area contributed by atoms with E-state index in [-0.39, 0.29) is 11.7 Å². The molecule has 0 aliphatic rings. The van der Waals surface area contributed by atoms with Crippen molar-refractivity contribution in [1.82, 2.24) is 5.32 Å². The van der Waals surface area contributed by atoms with Crippen LogP contribution in [-0.2, 0) is 0 Å². The number of rotatable bonds is 5. The molecule has 0 bridgehead atoms. The van der Waals surface area contributed by atoms with Crippen LogP contribution in [-0.4, -0.2) is 23.0 Å². The van der Waals surface area contributed by atoms with Gasteiger partial charge in [-0.3, -0.25) is 4.79 Å². The number of oxime groups is 1. The molecule has 1 amide bonds. The molecule has 0 heterocycles. The Morgan fingerprint density at radius 1 is 1.47 bits per heavy atom. The van der Waals surface area contributed by atoms with Crippen molar-refractivity contribution < 1.29 is 10.0 Å². The van der Waals surface area contributed by atoms with E-state index in [1.54, 1.807) is 0 Å². The van der Waals surface area contributed by atoms with Crippen LogP contribution in [0.15, 0.2) is 23.4 Å². The predicted molar refractivity (Wildman–Crippen MR) is 75.5 cm³/mol. The number of carbonyl (C=O) groups excluding carboxylic acids is 1. The van der Waals surface area contributed by atoms with Gasteiger partial charge in [-0.15, -0.1) is 0 Å². The summed E-state index contributed by atoms with van der Waals surface area (Å²) in [6.07, 6.45) is 1.46. The molecule has 0 aromatic heterocycles. The summed E-state index contributed by atoms with van der Waals surface area (Å²) >= 11 is 0. The molecule has 0 radical (unpaired) electrons. The molecule has 1 unspecified atom stereocenters. The zero-order valence-electron chi connectivity index (χ0n) is 11.6. The third-order valence-electron chi connectivity index (χ3n) is 2.99. The van der Waals surface area contributed by atoms with Gasteiger partial charge in [0.05, 0.1) is 6.04 Å². The smallest absolute Gasteiger partial charge is 0.252 e. The van der Waals surface area contributed by atoms with Gasteiger partial charge in [-0.1, -0.05) is 36.2 Å². The van der Waals surface area contributed by atoms with E-state index < -0.39 is 6.04 Å². The van der Waals surface area contributed by atoms with Crippen molar-refractivity contribution in [3.63, 3.8) is 0 Å². The first kappa shape index (κ1) is 15.0. The van der Waals surface area contributed by atoms with Crippen molar-refractivity contribution in [3.8, 4) is 0 Å². The summed E-state index contributed by atoms with van der Waals surface area (Å²) in [7, 11) is 0. The molecule has 0 aliphatic carbocycles. The minimum absolute atomic E-state index is 0.0282. The Bertz CT molecular complexity index is 484. The number of hydrogen-bond donors (Lipinski definition) is 3. The Morgan fingerprint density at radius 3 is 2.74 bits per heavy atom. The van der Waals surface area contributed by atoms with Gasteiger partial charge in [-0.2, -0.15) is 0 Å². The molecule has 5 nitrogen and oxygen atoms in total. The summed E-state index contributed by atoms with van der Waals surface area (Å²) in [6.45, 7) is 5.79. The van der Waals surface area contributed by atoms with E-state index >= 15 is 0 Å². The van der Waals surface area contributed by atoms with Crippen molar-refractivity contribution in [3.05, 3.63) is 34.9 Å². The van der Waals surface area contributed by atoms with E-state index in [9.17, 15) is 4.79 Å². The first-order valence-electron chi connectivity index (χ1n) is 6.35. The van der Waals surface area contributed by atoms with E-state index in [1.165, 1.54) is 0 Å². The van der Waals surface area contributed by atoms with Crippen molar-refractivity contribution in [2.24, 2.45) is 10.9 Å². The number of amidine groups is 1. The lowest BCUT2D eigenvalue weighted by Gasteiger charge is -2.17. The lowest BCUT2D eigenvalue weighted by atomic mass is 10.0. The average molecular weight is 263 g/mol. The number of aryl methyl sites for hydroxylation is 2. The lowest BCUT2D eigenvalue weighted by Crippen LogP contribution is -2.44. The number of hydrogen-bond acceptors (Lipinski definition) is 3. The van der Waals surface area contributed by atoms with Crippen LogP contribution in [0.25, 0.3) is 0 Å². The molecule has 0 fully saturated rings. The molecule has 0 spiro atoms. The number of benzene rings is 1. The summed E-state index contributed by atoms with van der Waals surface area (Å²) < 4.78 is 0. The summed E-state index contributed by atoms with van der Waals surface area (Å²) in [5.74, 6) is -0.174. The Kier molecular flexibility index (Phi) is 5.36. The standard InChI is InChI=1S/C14H21N3O2/c1-4-5-12(13(15)17-19)16-14(18)11-8-9(2)6-7-10(11)3/h6-8,12,19H,4-5H2,1-3H3,(H2,15,17)(H,16,18). The van der Waals surface area contributed by atoms with E-state index in [4.69, 9.17) is 10.9 Å². The second kappa shape index (κ2) is 6.78. The second-order valence-electron chi connectivity index (χ2n) is 4.66. The normalized spacial score (nSPS) is 13.1. The highest BCUT2D eigenvalue weighted by Gasteiger charge is 2.18. The molecule has 4 N–H and O–H groups in total. The molecule has 0 saturated heterocycles. The van der Waals surface area contributed by atoms with Gasteiger partial charge < -0.3 is 16.3 Å². The third-order valence-corrected chi connectivity index (χ3v) is 2.99. The third kappa shape index (κ3) is 3.98. The number of amides is 1. The van der Waals surface area contributed by atoms with Crippen LogP contribution in [0.5, 0.6) is 0 Å². The predicted octanol–water partition coefficient (Wildman–Crippen LogP) is 1.95. The molecule has 19 heavy (non-hydrogen) atoms. The summed E-state index contributed by atoms with van der Waals surface area (Å²) in [5, 5.41) is 14.5. The SMILES string of the molecule is CCCC(NC(=O)c1cc(C)ccc1C)/C(N)=N/O. The van der Waals surface area contributed by atoms with Gasteiger partial charge in [0.25, 0.3) is 5.91 Å². The fourth-order valence-electron chi connectivity index (χ4n) is 1.87. The summed E-state index contributed by atoms with van der Waals surface area (Å²) in [4.78, 5) is 12.2. The minimum Gasteiger partial charge on any atom is -0.409 e. The number of nitrogens with zero attached hydrogens (tertiary/aromatic N) is 1. The Morgan fingerprint density at radius 2 is 2.16 bits per heavy atom. The number of nitrogens with one attached hydrogen (secondary N) is 1. The zero-order valence-corrected chi connectivity index (χ0v) is 11.6. The van der Waals surface area contributed by atoms with Crippen LogP contribution in [0.3, 0.4) is 0 Å². The highest BCUT2D eigenvalue weighted by molar-refractivity contribution is 5.99. The largest absolute Gasteiger partial charge is 0.409 e. The van der Waals surface area contributed by atoms with Gasteiger partial charge >= 0.3 is 0 Å². The Hall–Kier alpha value is -2.04. The van der Waals surface area contributed by atoms with Crippen LogP contribution in [0.1, 0.15) is 41.3 Å². The quantitative estimate of drug-likeness (QED) is 0.328. The first-order chi connectivity index (χ1) is 8.99. The zero-order chi connectivity index (χ0) is 14.4. The average Bonchev–Trinajstić information content (AvgIpc) is 2.40. The van der Waals surface area contributed by atoms with E-state index in [2.05, 4.69) is 10.5 Å². The van der Waals surface area contributed by atoms with Crippen LogP contribution in [0, 0.1) is 13.8 Å². The van der Waals surface area contributed by atoms with Crippen molar-refractivity contribution in [2.75, 3.05) is 0 Å². The molecular weight excluding hydrogens is 242 g/mol. The van der Waals surface area contributed by atoms with E-state index in [1.807, 2.05) is 39.0 Å². The summed E-state index contributed by atoms with van der Waals surface area (Å²) in [6, 6.07) is 5.25. The second-order valence-corrected chi connectivity index (χ2v) is 4.66. The fraction of sp³-hybridized carbons (Fsp3) is 0.429. The van der Waals surface area contributed by atoms with Gasteiger partial charge in [0.2, 0.25) is 0 Å². The Labute approximate surface area is 113 Å². The van der Waals surface area contributed by atoms with Gasteiger partial charge in [0.1, 0.15) is 0 Å². The number of nitrogens with two attached hydrogens (primary N) is 1. The van der Waals surface area contributed by atoms with E-state index in [0.29, 0.717) is 12.0 Å². The monoisotopic (exact) mass is 263 g/mol. The molecule has 0 aliphatic heterocycles. The van der Waals surface area contributed by atoms with Gasteiger partial charge in [0.15, 0.2) is 5.84 Å². The maximum atomic E-state index is 12.2. The summed E-state index contributed by atoms with van der Waals surface area (Å²) in [5.41, 5.74) is 8.12. The van der Waals surface area contributed by atoms with Gasteiger partial charge in [0, 0.05) is 5.56 Å². The lowest BCUT2D eigenvalue weighted by molar-refractivity contribution is 0.0944. The highest BCUT2D eigenvalue weighted by atomic mass is 16.4. The van der Waals surface area contributed by atoms with Crippen LogP contribution in [0.4, 0.5) is 0 Å². The molecule has 1 aromatic rings. The maximum absolute atomic E-state index is 12.2. The van der Waals surface area contributed by atoms with Crippen molar-refractivity contribution >= 4 is 11.7 Å². The molecule has 1 rings (SSSR count). The molecular formula is C14H21N3O2. The number of carbonyl (C=O) groups is 1. The van der Waals surface area contributed by atoms with E-state index in [0.717, 1.165) is 17.5 Å². The molecule has 104 valence electrons. The van der Waals surface area contributed by atoms with Crippen molar-refractivity contribution in [1.29, 1.82) is 0 Å². The topological polar surface area (TPSA) is 87.7 Å². The van der Waals surface area contributed by atoms with Crippen LogP contribution in [0.2, 0.25) is 0 Å². The molecule has 5 heteroatoms. The van der Waals surface area contributed by atoms with Gasteiger partial charge in [-0.05, 0) is 31.9 Å². The Balaban J connectivity index is 2.90. The molecule has 1 atom stereocenters. The molecule has 1 aromatic carbocycles. The highest BCUT2D eigenvalue weighted by Crippen LogP contribution is 2.11. The van der Waals surface area contributed by atoms with Crippen molar-refractivity contribution in [2.45, 2.75) is 39.7 Å². The van der Waals surface area contributed by atoms with Crippen LogP contribution < -0.4 is 11.1 Å². The maximum Gasteiger partial charge on any atom is 0.252 e. The molecule has 0 saturated carbocycles. The van der Waals surface area contributed by atoms with Gasteiger partial charge in [-0.25, -0.2) is 0 Å². The van der Waals surface area contributed by atoms with Crippen LogP contribution >= 0.6 is 0 Å². The first-order valence-corrected chi connectivity index (χ1v) is 6.35. The fourth-order valence-corrected chi connectivity index (χ4v) is 1.87. The minimum atomic E-state index is -0.442.